The Morgan fingerprint density at radius 3 is 2.61 bits per heavy atom. The van der Waals surface area contributed by atoms with E-state index in [4.69, 9.17) is 5.26 Å². The van der Waals surface area contributed by atoms with E-state index in [-0.39, 0.29) is 18.4 Å². The number of aliphatic hydroxyl groups is 1. The SMILES string of the molecule is N#Cc1cccc(C(=O)NC[C@@](O)(c2ccccc2)C2CC2)c1. The Morgan fingerprint density at radius 2 is 1.96 bits per heavy atom. The van der Waals surface area contributed by atoms with Crippen molar-refractivity contribution < 1.29 is 9.90 Å². The number of carbonyl (C=O) groups excluding carboxylic acids is 1. The van der Waals surface area contributed by atoms with Crippen LogP contribution in [-0.4, -0.2) is 17.6 Å². The second-order valence-corrected chi connectivity index (χ2v) is 5.94. The summed E-state index contributed by atoms with van der Waals surface area (Å²) < 4.78 is 0. The predicted molar refractivity (Wildman–Crippen MR) is 86.6 cm³/mol. The Morgan fingerprint density at radius 1 is 1.22 bits per heavy atom. The lowest BCUT2D eigenvalue weighted by molar-refractivity contribution is 0.0135. The molecule has 0 spiro atoms. The van der Waals surface area contributed by atoms with Gasteiger partial charge in [-0.2, -0.15) is 5.26 Å². The highest BCUT2D eigenvalue weighted by Gasteiger charge is 2.45. The molecule has 0 bridgehead atoms. The fraction of sp³-hybridized carbons (Fsp3) is 0.263. The molecule has 2 aromatic carbocycles. The number of hydrogen-bond acceptors (Lipinski definition) is 3. The molecule has 3 rings (SSSR count). The molecule has 116 valence electrons. The molecule has 1 fully saturated rings. The zero-order valence-corrected chi connectivity index (χ0v) is 12.7. The minimum Gasteiger partial charge on any atom is -0.383 e. The van der Waals surface area contributed by atoms with Gasteiger partial charge in [0.2, 0.25) is 0 Å². The van der Waals surface area contributed by atoms with Gasteiger partial charge in [-0.05, 0) is 42.5 Å². The average molecular weight is 306 g/mol. The van der Waals surface area contributed by atoms with Crippen molar-refractivity contribution in [3.63, 3.8) is 0 Å². The molecule has 0 saturated heterocycles. The minimum atomic E-state index is -1.04. The Kier molecular flexibility index (Phi) is 4.14. The fourth-order valence-corrected chi connectivity index (χ4v) is 2.82. The number of nitrogens with zero attached hydrogens (tertiary/aromatic N) is 1. The Labute approximate surface area is 135 Å². The quantitative estimate of drug-likeness (QED) is 0.891. The van der Waals surface area contributed by atoms with Gasteiger partial charge in [-0.3, -0.25) is 4.79 Å². The molecule has 0 heterocycles. The van der Waals surface area contributed by atoms with E-state index < -0.39 is 5.60 Å². The minimum absolute atomic E-state index is 0.164. The molecule has 4 nitrogen and oxygen atoms in total. The molecule has 2 aromatic rings. The van der Waals surface area contributed by atoms with Crippen LogP contribution in [0.1, 0.15) is 34.3 Å². The summed E-state index contributed by atoms with van der Waals surface area (Å²) in [5.41, 5.74) is 0.658. The van der Waals surface area contributed by atoms with E-state index in [1.54, 1.807) is 24.3 Å². The molecular weight excluding hydrogens is 288 g/mol. The van der Waals surface area contributed by atoms with Gasteiger partial charge < -0.3 is 10.4 Å². The molecule has 1 aliphatic rings. The van der Waals surface area contributed by atoms with Crippen LogP contribution in [0.25, 0.3) is 0 Å². The van der Waals surface area contributed by atoms with Crippen molar-refractivity contribution in [1.29, 1.82) is 5.26 Å². The molecule has 4 heteroatoms. The standard InChI is InChI=1S/C19H18N2O2/c20-12-14-5-4-6-15(11-14)18(22)21-13-19(23,17-9-10-17)16-7-2-1-3-8-16/h1-8,11,17,23H,9-10,13H2,(H,21,22)/t19-/m1/s1. The van der Waals surface area contributed by atoms with Crippen LogP contribution in [0.5, 0.6) is 0 Å². The molecule has 1 aliphatic carbocycles. The number of carbonyl (C=O) groups is 1. The van der Waals surface area contributed by atoms with Crippen LogP contribution < -0.4 is 5.32 Å². The maximum Gasteiger partial charge on any atom is 0.251 e. The Hall–Kier alpha value is -2.64. The average Bonchev–Trinajstić information content (AvgIpc) is 3.45. The first kappa shape index (κ1) is 15.3. The first-order chi connectivity index (χ1) is 11.1. The molecule has 1 atom stereocenters. The van der Waals surface area contributed by atoms with Gasteiger partial charge in [-0.25, -0.2) is 0 Å². The van der Waals surface area contributed by atoms with Crippen molar-refractivity contribution in [3.8, 4) is 6.07 Å². The molecule has 23 heavy (non-hydrogen) atoms. The zero-order chi connectivity index (χ0) is 16.3. The zero-order valence-electron chi connectivity index (χ0n) is 12.7. The molecular formula is C19H18N2O2. The maximum absolute atomic E-state index is 12.3. The maximum atomic E-state index is 12.3. The van der Waals surface area contributed by atoms with Crippen LogP contribution in [0.4, 0.5) is 0 Å². The third kappa shape index (κ3) is 3.25. The number of rotatable bonds is 5. The van der Waals surface area contributed by atoms with Gasteiger partial charge in [0.25, 0.3) is 5.91 Å². The summed E-state index contributed by atoms with van der Waals surface area (Å²) in [5, 5.41) is 22.8. The molecule has 0 unspecified atom stereocenters. The first-order valence-corrected chi connectivity index (χ1v) is 7.70. The van der Waals surface area contributed by atoms with E-state index in [1.807, 2.05) is 36.4 Å². The summed E-state index contributed by atoms with van der Waals surface area (Å²) in [7, 11) is 0. The summed E-state index contributed by atoms with van der Waals surface area (Å²) in [6.45, 7) is 0.164. The van der Waals surface area contributed by atoms with Gasteiger partial charge in [-0.1, -0.05) is 36.4 Å². The van der Waals surface area contributed by atoms with E-state index in [1.165, 1.54) is 0 Å². The van der Waals surface area contributed by atoms with E-state index in [0.29, 0.717) is 11.1 Å². The van der Waals surface area contributed by atoms with Crippen molar-refractivity contribution >= 4 is 5.91 Å². The molecule has 2 N–H and O–H groups in total. The summed E-state index contributed by atoms with van der Waals surface area (Å²) >= 11 is 0. The van der Waals surface area contributed by atoms with Crippen LogP contribution in [0.2, 0.25) is 0 Å². The number of amides is 1. The van der Waals surface area contributed by atoms with E-state index in [9.17, 15) is 9.90 Å². The lowest BCUT2D eigenvalue weighted by Gasteiger charge is -2.29. The number of nitriles is 1. The smallest absolute Gasteiger partial charge is 0.251 e. The van der Waals surface area contributed by atoms with Crippen molar-refractivity contribution in [2.45, 2.75) is 18.4 Å². The highest BCUT2D eigenvalue weighted by Crippen LogP contribution is 2.45. The van der Waals surface area contributed by atoms with Gasteiger partial charge in [0.1, 0.15) is 5.60 Å². The number of benzene rings is 2. The Bertz CT molecular complexity index is 747. The fourth-order valence-electron chi connectivity index (χ4n) is 2.82. The number of nitrogens with one attached hydrogen (secondary N) is 1. The van der Waals surface area contributed by atoms with E-state index in [2.05, 4.69) is 5.32 Å². The van der Waals surface area contributed by atoms with Gasteiger partial charge in [0, 0.05) is 5.56 Å². The topological polar surface area (TPSA) is 73.1 Å². The predicted octanol–water partition coefficient (Wildman–Crippen LogP) is 2.59. The van der Waals surface area contributed by atoms with Crippen molar-refractivity contribution in [1.82, 2.24) is 5.32 Å². The van der Waals surface area contributed by atoms with Crippen molar-refractivity contribution in [2.75, 3.05) is 6.54 Å². The van der Waals surface area contributed by atoms with Crippen LogP contribution in [0.15, 0.2) is 54.6 Å². The van der Waals surface area contributed by atoms with Crippen LogP contribution in [0, 0.1) is 17.2 Å². The van der Waals surface area contributed by atoms with Crippen LogP contribution >= 0.6 is 0 Å². The molecule has 0 aromatic heterocycles. The highest BCUT2D eigenvalue weighted by atomic mass is 16.3. The molecule has 0 radical (unpaired) electrons. The van der Waals surface area contributed by atoms with Gasteiger partial charge in [0.15, 0.2) is 0 Å². The van der Waals surface area contributed by atoms with Gasteiger partial charge in [-0.15, -0.1) is 0 Å². The van der Waals surface area contributed by atoms with Gasteiger partial charge in [0.05, 0.1) is 18.2 Å². The monoisotopic (exact) mass is 306 g/mol. The van der Waals surface area contributed by atoms with Gasteiger partial charge >= 0.3 is 0 Å². The summed E-state index contributed by atoms with van der Waals surface area (Å²) in [6, 6.07) is 18.0. The lowest BCUT2D eigenvalue weighted by Crippen LogP contribution is -2.42. The normalized spacial score (nSPS) is 16.2. The Balaban J connectivity index is 1.75. The third-order valence-corrected chi connectivity index (χ3v) is 4.30. The second-order valence-electron chi connectivity index (χ2n) is 5.94. The molecule has 1 saturated carbocycles. The van der Waals surface area contributed by atoms with E-state index >= 15 is 0 Å². The van der Waals surface area contributed by atoms with E-state index in [0.717, 1.165) is 18.4 Å². The summed E-state index contributed by atoms with van der Waals surface area (Å²) in [4.78, 5) is 12.3. The van der Waals surface area contributed by atoms with Crippen LogP contribution in [0.3, 0.4) is 0 Å². The van der Waals surface area contributed by atoms with Crippen molar-refractivity contribution in [2.24, 2.45) is 5.92 Å². The lowest BCUT2D eigenvalue weighted by atomic mass is 9.88. The molecule has 0 aliphatic heterocycles. The first-order valence-electron chi connectivity index (χ1n) is 7.70. The summed E-state index contributed by atoms with van der Waals surface area (Å²) in [6.07, 6.45) is 1.93. The number of hydrogen-bond donors (Lipinski definition) is 2. The van der Waals surface area contributed by atoms with Crippen molar-refractivity contribution in [3.05, 3.63) is 71.3 Å². The highest BCUT2D eigenvalue weighted by molar-refractivity contribution is 5.94. The summed E-state index contributed by atoms with van der Waals surface area (Å²) in [5.74, 6) is -0.104. The third-order valence-electron chi connectivity index (χ3n) is 4.30. The second kappa shape index (κ2) is 6.23. The molecule has 1 amide bonds. The largest absolute Gasteiger partial charge is 0.383 e. The van der Waals surface area contributed by atoms with Crippen LogP contribution in [-0.2, 0) is 5.60 Å².